The van der Waals surface area contributed by atoms with Crippen molar-refractivity contribution in [3.8, 4) is 11.3 Å². The number of nitrogens with two attached hydrogens (primary N) is 1. The molecular weight excluding hydrogens is 236 g/mol. The minimum Gasteiger partial charge on any atom is -0.384 e. The monoisotopic (exact) mass is 258 g/mol. The summed E-state index contributed by atoms with van der Waals surface area (Å²) in [6, 6.07) is 3.86. The zero-order valence-electron chi connectivity index (χ0n) is 11.7. The number of imidazole rings is 1. The highest BCUT2D eigenvalue weighted by molar-refractivity contribution is 5.61. The standard InChI is InChI=1S/C15H22N4/c1-12(2)5-3-4-8-19-11-17-10-14(19)13-6-7-18-15(16)9-13/h6-7,9-12H,3-5,8H2,1-2H3,(H2,16,18). The number of anilines is 1. The molecule has 0 aliphatic carbocycles. The van der Waals surface area contributed by atoms with Crippen LogP contribution < -0.4 is 5.73 Å². The number of nitrogens with zero attached hydrogens (tertiary/aromatic N) is 3. The Labute approximate surface area is 114 Å². The third kappa shape index (κ3) is 3.81. The van der Waals surface area contributed by atoms with E-state index in [0.717, 1.165) is 23.7 Å². The van der Waals surface area contributed by atoms with Crippen LogP contribution in [0.4, 0.5) is 5.82 Å². The molecule has 0 saturated heterocycles. The summed E-state index contributed by atoms with van der Waals surface area (Å²) in [6.45, 7) is 5.54. The van der Waals surface area contributed by atoms with E-state index in [2.05, 4.69) is 28.4 Å². The zero-order chi connectivity index (χ0) is 13.7. The first-order valence-corrected chi connectivity index (χ1v) is 6.89. The highest BCUT2D eigenvalue weighted by atomic mass is 15.0. The lowest BCUT2D eigenvalue weighted by atomic mass is 10.1. The Morgan fingerprint density at radius 2 is 2.16 bits per heavy atom. The lowest BCUT2D eigenvalue weighted by Crippen LogP contribution is -2.00. The van der Waals surface area contributed by atoms with Gasteiger partial charge in [0.15, 0.2) is 0 Å². The summed E-state index contributed by atoms with van der Waals surface area (Å²) < 4.78 is 2.19. The molecule has 0 bridgehead atoms. The van der Waals surface area contributed by atoms with E-state index < -0.39 is 0 Å². The molecule has 2 heterocycles. The number of hydrogen-bond acceptors (Lipinski definition) is 3. The van der Waals surface area contributed by atoms with Crippen LogP contribution in [0.5, 0.6) is 0 Å². The van der Waals surface area contributed by atoms with Gasteiger partial charge in [-0.15, -0.1) is 0 Å². The summed E-state index contributed by atoms with van der Waals surface area (Å²) in [5, 5.41) is 0. The summed E-state index contributed by atoms with van der Waals surface area (Å²) >= 11 is 0. The van der Waals surface area contributed by atoms with E-state index in [0.29, 0.717) is 5.82 Å². The Morgan fingerprint density at radius 3 is 2.89 bits per heavy atom. The second kappa shape index (κ2) is 6.36. The van der Waals surface area contributed by atoms with Gasteiger partial charge in [0.1, 0.15) is 5.82 Å². The molecule has 19 heavy (non-hydrogen) atoms. The van der Waals surface area contributed by atoms with Crippen LogP contribution >= 0.6 is 0 Å². The number of hydrogen-bond donors (Lipinski definition) is 1. The first-order chi connectivity index (χ1) is 9.16. The molecule has 4 heteroatoms. The topological polar surface area (TPSA) is 56.7 Å². The third-order valence-electron chi connectivity index (χ3n) is 3.22. The number of aryl methyl sites for hydroxylation is 1. The predicted octanol–water partition coefficient (Wildman–Crippen LogP) is 3.35. The van der Waals surface area contributed by atoms with E-state index in [9.17, 15) is 0 Å². The summed E-state index contributed by atoms with van der Waals surface area (Å²) in [6.07, 6.45) is 9.24. The molecule has 0 aliphatic heterocycles. The fourth-order valence-corrected chi connectivity index (χ4v) is 2.18. The smallest absolute Gasteiger partial charge is 0.123 e. The lowest BCUT2D eigenvalue weighted by Gasteiger charge is -2.09. The fraction of sp³-hybridized carbons (Fsp3) is 0.467. The first-order valence-electron chi connectivity index (χ1n) is 6.89. The van der Waals surface area contributed by atoms with Crippen LogP contribution in [0.3, 0.4) is 0 Å². The maximum atomic E-state index is 5.73. The Hall–Kier alpha value is -1.84. The van der Waals surface area contributed by atoms with Gasteiger partial charge >= 0.3 is 0 Å². The van der Waals surface area contributed by atoms with E-state index in [1.807, 2.05) is 24.7 Å². The maximum Gasteiger partial charge on any atom is 0.123 e. The first kappa shape index (κ1) is 13.6. The molecule has 2 N–H and O–H groups in total. The molecule has 0 aromatic carbocycles. The summed E-state index contributed by atoms with van der Waals surface area (Å²) in [5.41, 5.74) is 7.92. The normalized spacial score (nSPS) is 11.1. The predicted molar refractivity (Wildman–Crippen MR) is 78.6 cm³/mol. The van der Waals surface area contributed by atoms with Crippen molar-refractivity contribution < 1.29 is 0 Å². The van der Waals surface area contributed by atoms with Gasteiger partial charge in [-0.05, 0) is 24.5 Å². The quantitative estimate of drug-likeness (QED) is 0.808. The van der Waals surface area contributed by atoms with Crippen LogP contribution in [0, 0.1) is 5.92 Å². The van der Waals surface area contributed by atoms with Crippen LogP contribution in [0.1, 0.15) is 33.1 Å². The van der Waals surface area contributed by atoms with Gasteiger partial charge in [-0.2, -0.15) is 0 Å². The molecule has 0 atom stereocenters. The Morgan fingerprint density at radius 1 is 1.32 bits per heavy atom. The molecule has 2 rings (SSSR count). The van der Waals surface area contributed by atoms with Crippen molar-refractivity contribution in [2.75, 3.05) is 5.73 Å². The maximum absolute atomic E-state index is 5.73. The molecule has 0 fully saturated rings. The zero-order valence-corrected chi connectivity index (χ0v) is 11.7. The third-order valence-corrected chi connectivity index (χ3v) is 3.22. The van der Waals surface area contributed by atoms with Crippen LogP contribution in [-0.4, -0.2) is 14.5 Å². The fourth-order valence-electron chi connectivity index (χ4n) is 2.18. The van der Waals surface area contributed by atoms with E-state index in [4.69, 9.17) is 5.73 Å². The van der Waals surface area contributed by atoms with E-state index >= 15 is 0 Å². The van der Waals surface area contributed by atoms with E-state index in [1.165, 1.54) is 19.3 Å². The second-order valence-electron chi connectivity index (χ2n) is 5.33. The van der Waals surface area contributed by atoms with E-state index in [1.54, 1.807) is 6.20 Å². The Balaban J connectivity index is 2.02. The molecule has 0 radical (unpaired) electrons. The summed E-state index contributed by atoms with van der Waals surface area (Å²) in [5.74, 6) is 1.33. The van der Waals surface area contributed by atoms with Gasteiger partial charge in [0, 0.05) is 18.3 Å². The van der Waals surface area contributed by atoms with Gasteiger partial charge in [-0.1, -0.05) is 26.7 Å². The number of unbranched alkanes of at least 4 members (excludes halogenated alkanes) is 1. The molecule has 0 saturated carbocycles. The van der Waals surface area contributed by atoms with Gasteiger partial charge < -0.3 is 10.3 Å². The van der Waals surface area contributed by atoms with Gasteiger partial charge in [0.25, 0.3) is 0 Å². The minimum atomic E-state index is 0.546. The average Bonchev–Trinajstić information content (AvgIpc) is 2.83. The van der Waals surface area contributed by atoms with Gasteiger partial charge in [-0.3, -0.25) is 0 Å². The SMILES string of the molecule is CC(C)CCCCn1cncc1-c1ccnc(N)c1. The molecule has 102 valence electrons. The highest BCUT2D eigenvalue weighted by Gasteiger charge is 2.05. The van der Waals surface area contributed by atoms with Gasteiger partial charge in [0.2, 0.25) is 0 Å². The summed E-state index contributed by atoms with van der Waals surface area (Å²) in [4.78, 5) is 8.27. The van der Waals surface area contributed by atoms with Crippen molar-refractivity contribution >= 4 is 5.82 Å². The molecule has 0 spiro atoms. The Kier molecular flexibility index (Phi) is 4.55. The van der Waals surface area contributed by atoms with E-state index in [-0.39, 0.29) is 0 Å². The number of aromatic nitrogens is 3. The van der Waals surface area contributed by atoms with Crippen LogP contribution in [0.25, 0.3) is 11.3 Å². The van der Waals surface area contributed by atoms with Crippen molar-refractivity contribution in [2.45, 2.75) is 39.7 Å². The molecule has 4 nitrogen and oxygen atoms in total. The number of nitrogen functional groups attached to an aromatic ring is 1. The van der Waals surface area contributed by atoms with Crippen molar-refractivity contribution in [3.63, 3.8) is 0 Å². The molecule has 0 aliphatic rings. The van der Waals surface area contributed by atoms with Gasteiger partial charge in [0.05, 0.1) is 18.2 Å². The Bertz CT molecular complexity index is 516. The van der Waals surface area contributed by atoms with Crippen LogP contribution in [0.2, 0.25) is 0 Å². The minimum absolute atomic E-state index is 0.546. The molecule has 2 aromatic rings. The molecule has 0 unspecified atom stereocenters. The molecule has 2 aromatic heterocycles. The number of rotatable bonds is 6. The lowest BCUT2D eigenvalue weighted by molar-refractivity contribution is 0.510. The molecule has 0 amide bonds. The second-order valence-corrected chi connectivity index (χ2v) is 5.33. The van der Waals surface area contributed by atoms with Crippen molar-refractivity contribution in [1.82, 2.24) is 14.5 Å². The highest BCUT2D eigenvalue weighted by Crippen LogP contribution is 2.20. The van der Waals surface area contributed by atoms with Crippen LogP contribution in [-0.2, 0) is 6.54 Å². The largest absolute Gasteiger partial charge is 0.384 e. The van der Waals surface area contributed by atoms with Crippen molar-refractivity contribution in [1.29, 1.82) is 0 Å². The van der Waals surface area contributed by atoms with Crippen molar-refractivity contribution in [2.24, 2.45) is 5.92 Å². The number of pyridine rings is 1. The van der Waals surface area contributed by atoms with Crippen molar-refractivity contribution in [3.05, 3.63) is 30.9 Å². The summed E-state index contributed by atoms with van der Waals surface area (Å²) in [7, 11) is 0. The molecular formula is C15H22N4. The van der Waals surface area contributed by atoms with Gasteiger partial charge in [-0.25, -0.2) is 9.97 Å². The average molecular weight is 258 g/mol. The van der Waals surface area contributed by atoms with Crippen LogP contribution in [0.15, 0.2) is 30.9 Å².